The number of amides is 1. The molecular formula is C11H22N2O3. The molecule has 16 heavy (non-hydrogen) atoms. The Morgan fingerprint density at radius 3 is 2.62 bits per heavy atom. The normalized spacial score (nSPS) is 26.7. The molecule has 5 heteroatoms. The number of rotatable bonds is 1. The number of nitrogens with zero attached hydrogens (tertiary/aromatic N) is 1. The maximum Gasteiger partial charge on any atom is 0.410 e. The van der Waals surface area contributed by atoms with Gasteiger partial charge in [0.05, 0.1) is 25.3 Å². The Hall–Kier alpha value is -0.810. The summed E-state index contributed by atoms with van der Waals surface area (Å²) in [6, 6.07) is 0. The first-order valence-electron chi connectivity index (χ1n) is 5.65. The van der Waals surface area contributed by atoms with Gasteiger partial charge in [-0.15, -0.1) is 0 Å². The van der Waals surface area contributed by atoms with Crippen LogP contribution in [-0.4, -0.2) is 48.4 Å². The van der Waals surface area contributed by atoms with Gasteiger partial charge in [-0.25, -0.2) is 4.79 Å². The molecule has 0 aromatic rings. The highest BCUT2D eigenvalue weighted by molar-refractivity contribution is 5.68. The van der Waals surface area contributed by atoms with Gasteiger partial charge in [0.15, 0.2) is 0 Å². The largest absolute Gasteiger partial charge is 0.444 e. The molecule has 94 valence electrons. The zero-order valence-corrected chi connectivity index (χ0v) is 10.5. The Balaban J connectivity index is 2.55. The summed E-state index contributed by atoms with van der Waals surface area (Å²) in [5, 5.41) is 0. The van der Waals surface area contributed by atoms with Crippen LogP contribution in [0, 0.1) is 0 Å². The maximum absolute atomic E-state index is 11.8. The van der Waals surface area contributed by atoms with Crippen LogP contribution in [0.4, 0.5) is 4.79 Å². The van der Waals surface area contributed by atoms with E-state index in [9.17, 15) is 4.79 Å². The first kappa shape index (κ1) is 13.3. The molecule has 0 spiro atoms. The number of carbonyl (C=O) groups excluding carboxylic acids is 1. The second-order valence-electron chi connectivity index (χ2n) is 5.19. The zero-order chi connectivity index (χ0) is 12.3. The van der Waals surface area contributed by atoms with E-state index >= 15 is 0 Å². The van der Waals surface area contributed by atoms with Crippen molar-refractivity contribution in [2.45, 2.75) is 45.5 Å². The fourth-order valence-corrected chi connectivity index (χ4v) is 1.65. The van der Waals surface area contributed by atoms with Gasteiger partial charge in [-0.3, -0.25) is 0 Å². The van der Waals surface area contributed by atoms with Crippen molar-refractivity contribution in [1.29, 1.82) is 0 Å². The summed E-state index contributed by atoms with van der Waals surface area (Å²) in [5.74, 6) is 0. The van der Waals surface area contributed by atoms with Crippen LogP contribution in [0.15, 0.2) is 0 Å². The fourth-order valence-electron chi connectivity index (χ4n) is 1.65. The fraction of sp³-hybridized carbons (Fsp3) is 0.909. The van der Waals surface area contributed by atoms with Crippen molar-refractivity contribution in [1.82, 2.24) is 4.90 Å². The van der Waals surface area contributed by atoms with E-state index in [1.165, 1.54) is 0 Å². The maximum atomic E-state index is 11.8. The Morgan fingerprint density at radius 2 is 2.12 bits per heavy atom. The lowest BCUT2D eigenvalue weighted by Gasteiger charge is -2.37. The van der Waals surface area contributed by atoms with Crippen LogP contribution in [-0.2, 0) is 9.47 Å². The van der Waals surface area contributed by atoms with Gasteiger partial charge in [0.1, 0.15) is 5.60 Å². The van der Waals surface area contributed by atoms with E-state index in [2.05, 4.69) is 0 Å². The molecule has 1 heterocycles. The minimum Gasteiger partial charge on any atom is -0.444 e. The summed E-state index contributed by atoms with van der Waals surface area (Å²) in [5.41, 5.74) is 5.09. The van der Waals surface area contributed by atoms with E-state index in [1.807, 2.05) is 27.7 Å². The van der Waals surface area contributed by atoms with E-state index < -0.39 is 5.60 Å². The molecule has 0 radical (unpaired) electrons. The van der Waals surface area contributed by atoms with Gasteiger partial charge in [0.25, 0.3) is 0 Å². The van der Waals surface area contributed by atoms with Crippen LogP contribution in [0.1, 0.15) is 27.7 Å². The minimum atomic E-state index is -0.461. The molecule has 1 aliphatic rings. The van der Waals surface area contributed by atoms with Gasteiger partial charge in [0.2, 0.25) is 0 Å². The van der Waals surface area contributed by atoms with Crippen LogP contribution in [0.25, 0.3) is 0 Å². The third-order valence-corrected chi connectivity index (χ3v) is 2.24. The van der Waals surface area contributed by atoms with Gasteiger partial charge < -0.3 is 20.1 Å². The molecule has 1 rings (SSSR count). The molecule has 5 nitrogen and oxygen atoms in total. The third kappa shape index (κ3) is 3.98. The summed E-state index contributed by atoms with van der Waals surface area (Å²) in [6.45, 7) is 8.99. The van der Waals surface area contributed by atoms with Gasteiger partial charge >= 0.3 is 6.09 Å². The Morgan fingerprint density at radius 1 is 1.50 bits per heavy atom. The van der Waals surface area contributed by atoms with Crippen LogP contribution in [0.5, 0.6) is 0 Å². The average Bonchev–Trinajstić information content (AvgIpc) is 2.14. The van der Waals surface area contributed by atoms with Crippen molar-refractivity contribution in [3.8, 4) is 0 Å². The van der Waals surface area contributed by atoms with Crippen LogP contribution in [0.2, 0.25) is 0 Å². The quantitative estimate of drug-likeness (QED) is 0.729. The highest BCUT2D eigenvalue weighted by Gasteiger charge is 2.30. The second-order valence-corrected chi connectivity index (χ2v) is 5.19. The van der Waals surface area contributed by atoms with Gasteiger partial charge in [-0.2, -0.15) is 0 Å². The molecule has 1 amide bonds. The Bertz CT molecular complexity index is 250. The van der Waals surface area contributed by atoms with Gasteiger partial charge in [-0.05, 0) is 27.7 Å². The topological polar surface area (TPSA) is 64.8 Å². The molecule has 0 saturated carbocycles. The monoisotopic (exact) mass is 230 g/mol. The van der Waals surface area contributed by atoms with Crippen LogP contribution >= 0.6 is 0 Å². The van der Waals surface area contributed by atoms with E-state index in [0.717, 1.165) is 0 Å². The zero-order valence-electron chi connectivity index (χ0n) is 10.5. The van der Waals surface area contributed by atoms with Gasteiger partial charge in [-0.1, -0.05) is 0 Å². The minimum absolute atomic E-state index is 0.00909. The molecule has 0 aliphatic carbocycles. The predicted molar refractivity (Wildman–Crippen MR) is 61.2 cm³/mol. The summed E-state index contributed by atoms with van der Waals surface area (Å²) in [6.07, 6.45) is -0.368. The lowest BCUT2D eigenvalue weighted by atomic mass is 10.2. The predicted octanol–water partition coefficient (Wildman–Crippen LogP) is 0.970. The third-order valence-electron chi connectivity index (χ3n) is 2.24. The first-order valence-corrected chi connectivity index (χ1v) is 5.65. The van der Waals surface area contributed by atoms with Crippen molar-refractivity contribution in [3.05, 3.63) is 0 Å². The standard InChI is InChI=1S/C11H22N2O3/c1-8-6-13(7-9(5-12)15-8)10(14)16-11(2,3)4/h8-9H,5-7,12H2,1-4H3/t8?,9-/m1/s1. The molecule has 0 aromatic carbocycles. The SMILES string of the molecule is CC1CN(C(=O)OC(C)(C)C)C[C@@H](CN)O1. The lowest BCUT2D eigenvalue weighted by Crippen LogP contribution is -2.52. The van der Waals surface area contributed by atoms with Crippen molar-refractivity contribution in [2.24, 2.45) is 5.73 Å². The Labute approximate surface area is 96.9 Å². The summed E-state index contributed by atoms with van der Waals surface area (Å²) in [7, 11) is 0. The van der Waals surface area contributed by atoms with Crippen LogP contribution < -0.4 is 5.73 Å². The smallest absolute Gasteiger partial charge is 0.410 e. The van der Waals surface area contributed by atoms with E-state index in [-0.39, 0.29) is 18.3 Å². The number of ether oxygens (including phenoxy) is 2. The van der Waals surface area contributed by atoms with Crippen molar-refractivity contribution in [3.63, 3.8) is 0 Å². The molecule has 1 saturated heterocycles. The number of carbonyl (C=O) groups is 1. The molecule has 1 fully saturated rings. The van der Waals surface area contributed by atoms with Gasteiger partial charge in [0, 0.05) is 6.54 Å². The molecule has 0 aromatic heterocycles. The molecule has 0 bridgehead atoms. The van der Waals surface area contributed by atoms with Crippen molar-refractivity contribution >= 4 is 6.09 Å². The van der Waals surface area contributed by atoms with Crippen molar-refractivity contribution < 1.29 is 14.3 Å². The molecule has 2 atom stereocenters. The van der Waals surface area contributed by atoms with E-state index in [0.29, 0.717) is 19.6 Å². The summed E-state index contributed by atoms with van der Waals surface area (Å²) >= 11 is 0. The molecular weight excluding hydrogens is 208 g/mol. The van der Waals surface area contributed by atoms with Crippen LogP contribution in [0.3, 0.4) is 0 Å². The van der Waals surface area contributed by atoms with E-state index in [4.69, 9.17) is 15.2 Å². The Kier molecular flexibility index (Phi) is 4.15. The molecule has 1 unspecified atom stereocenters. The molecule has 2 N–H and O–H groups in total. The summed E-state index contributed by atoms with van der Waals surface area (Å²) < 4.78 is 10.9. The number of nitrogens with two attached hydrogens (primary N) is 1. The average molecular weight is 230 g/mol. The highest BCUT2D eigenvalue weighted by Crippen LogP contribution is 2.15. The second kappa shape index (κ2) is 5.01. The number of morpholine rings is 1. The molecule has 1 aliphatic heterocycles. The highest BCUT2D eigenvalue weighted by atomic mass is 16.6. The number of hydrogen-bond donors (Lipinski definition) is 1. The first-order chi connectivity index (χ1) is 7.31. The number of hydrogen-bond acceptors (Lipinski definition) is 4. The van der Waals surface area contributed by atoms with Crippen molar-refractivity contribution in [2.75, 3.05) is 19.6 Å². The summed E-state index contributed by atoms with van der Waals surface area (Å²) in [4.78, 5) is 13.5. The van der Waals surface area contributed by atoms with E-state index in [1.54, 1.807) is 4.90 Å². The lowest BCUT2D eigenvalue weighted by molar-refractivity contribution is -0.0757.